The monoisotopic (exact) mass is 354 g/mol. The highest BCUT2D eigenvalue weighted by Gasteiger charge is 2.09. The van der Waals surface area contributed by atoms with E-state index >= 15 is 0 Å². The van der Waals surface area contributed by atoms with Crippen molar-refractivity contribution < 1.29 is 19.2 Å². The summed E-state index contributed by atoms with van der Waals surface area (Å²) in [6, 6.07) is 13.6. The predicted octanol–water partition coefficient (Wildman–Crippen LogP) is 3.27. The van der Waals surface area contributed by atoms with Crippen molar-refractivity contribution in [3.05, 3.63) is 69.8 Å². The number of nitro groups is 1. The highest BCUT2D eigenvalue weighted by Crippen LogP contribution is 2.23. The number of methoxy groups -OCH3 is 1. The summed E-state index contributed by atoms with van der Waals surface area (Å²) in [6.07, 6.45) is -0.107. The summed E-state index contributed by atoms with van der Waals surface area (Å²) in [5, 5.41) is 13.4. The number of carbonyl (C=O) groups is 1. The van der Waals surface area contributed by atoms with Crippen molar-refractivity contribution in [2.45, 2.75) is 13.0 Å². The van der Waals surface area contributed by atoms with Crippen LogP contribution in [0.5, 0.6) is 5.75 Å². The van der Waals surface area contributed by atoms with E-state index in [1.54, 1.807) is 0 Å². The highest BCUT2D eigenvalue weighted by molar-refractivity contribution is 5.67. The van der Waals surface area contributed by atoms with Crippen molar-refractivity contribution in [3.63, 3.8) is 0 Å². The fraction of sp³-hybridized carbons (Fsp3) is 0.211. The Bertz CT molecular complexity index is 825. The summed E-state index contributed by atoms with van der Waals surface area (Å²) in [7, 11) is 1.43. The predicted molar refractivity (Wildman–Crippen MR) is 95.8 cm³/mol. The summed E-state index contributed by atoms with van der Waals surface area (Å²) in [5.74, 6) is 6.09. The number of hydrogen-bond donors (Lipinski definition) is 1. The van der Waals surface area contributed by atoms with Gasteiger partial charge in [0, 0.05) is 19.0 Å². The van der Waals surface area contributed by atoms with Crippen molar-refractivity contribution in [1.29, 1.82) is 0 Å². The summed E-state index contributed by atoms with van der Waals surface area (Å²) in [4.78, 5) is 21.8. The van der Waals surface area contributed by atoms with Crippen LogP contribution in [-0.4, -0.2) is 24.7 Å². The molecular weight excluding hydrogens is 336 g/mol. The van der Waals surface area contributed by atoms with Crippen LogP contribution in [0.25, 0.3) is 0 Å². The Hall–Kier alpha value is -3.53. The van der Waals surface area contributed by atoms with Crippen molar-refractivity contribution >= 4 is 11.8 Å². The maximum Gasteiger partial charge on any atom is 0.407 e. The van der Waals surface area contributed by atoms with Crippen molar-refractivity contribution in [2.24, 2.45) is 0 Å². The molecule has 0 atom stereocenters. The van der Waals surface area contributed by atoms with Gasteiger partial charge in [0.25, 0.3) is 5.69 Å². The Balaban J connectivity index is 1.78. The van der Waals surface area contributed by atoms with Gasteiger partial charge < -0.3 is 14.8 Å². The second kappa shape index (κ2) is 9.69. The molecule has 0 bridgehead atoms. The number of ether oxygens (including phenoxy) is 2. The number of nitro benzene ring substituents is 1. The lowest BCUT2D eigenvalue weighted by Crippen LogP contribution is -2.24. The van der Waals surface area contributed by atoms with Crippen molar-refractivity contribution in [1.82, 2.24) is 5.32 Å². The van der Waals surface area contributed by atoms with E-state index in [1.807, 2.05) is 30.3 Å². The second-order valence-electron chi connectivity index (χ2n) is 5.18. The molecule has 0 spiro atoms. The minimum atomic E-state index is -0.511. The van der Waals surface area contributed by atoms with Crippen molar-refractivity contribution in [2.75, 3.05) is 13.7 Å². The second-order valence-corrected chi connectivity index (χ2v) is 5.18. The van der Waals surface area contributed by atoms with Gasteiger partial charge in [0.05, 0.1) is 23.7 Å². The van der Waals surface area contributed by atoms with Gasteiger partial charge in [-0.2, -0.15) is 0 Å². The molecule has 2 rings (SSSR count). The van der Waals surface area contributed by atoms with Gasteiger partial charge in [0.15, 0.2) is 0 Å². The molecule has 134 valence electrons. The van der Waals surface area contributed by atoms with Crippen LogP contribution in [-0.2, 0) is 11.3 Å². The van der Waals surface area contributed by atoms with E-state index in [0.29, 0.717) is 24.3 Å². The molecule has 0 saturated carbocycles. The molecule has 0 unspecified atom stereocenters. The Labute approximate surface area is 151 Å². The number of rotatable bonds is 6. The molecule has 0 aliphatic carbocycles. The van der Waals surface area contributed by atoms with Crippen LogP contribution >= 0.6 is 0 Å². The zero-order valence-electron chi connectivity index (χ0n) is 14.2. The Morgan fingerprint density at radius 2 is 2.00 bits per heavy atom. The third-order valence-corrected chi connectivity index (χ3v) is 3.35. The summed E-state index contributed by atoms with van der Waals surface area (Å²) in [5.41, 5.74) is 1.40. The van der Waals surface area contributed by atoms with Crippen LogP contribution in [0, 0.1) is 22.0 Å². The zero-order chi connectivity index (χ0) is 18.8. The van der Waals surface area contributed by atoms with Crippen molar-refractivity contribution in [3.8, 4) is 17.6 Å². The average Bonchev–Trinajstić information content (AvgIpc) is 2.66. The van der Waals surface area contributed by atoms with E-state index in [-0.39, 0.29) is 12.3 Å². The SMILES string of the molecule is COc1cc([N+](=O)[O-])ccc1C#CCCNC(=O)OCc1ccccc1. The first-order valence-corrected chi connectivity index (χ1v) is 7.86. The van der Waals surface area contributed by atoms with E-state index in [2.05, 4.69) is 17.2 Å². The maximum atomic E-state index is 11.6. The molecule has 7 nitrogen and oxygen atoms in total. The van der Waals surface area contributed by atoms with Gasteiger partial charge in [-0.15, -0.1) is 0 Å². The molecule has 0 saturated heterocycles. The molecule has 0 heterocycles. The smallest absolute Gasteiger partial charge is 0.407 e. The summed E-state index contributed by atoms with van der Waals surface area (Å²) >= 11 is 0. The minimum Gasteiger partial charge on any atom is -0.495 e. The maximum absolute atomic E-state index is 11.6. The van der Waals surface area contributed by atoms with Gasteiger partial charge >= 0.3 is 6.09 Å². The normalized spacial score (nSPS) is 9.58. The van der Waals surface area contributed by atoms with Gasteiger partial charge in [-0.25, -0.2) is 4.79 Å². The summed E-state index contributed by atoms with van der Waals surface area (Å²) in [6.45, 7) is 0.536. The highest BCUT2D eigenvalue weighted by atomic mass is 16.6. The lowest BCUT2D eigenvalue weighted by Gasteiger charge is -2.05. The first kappa shape index (κ1) is 18.8. The van der Waals surface area contributed by atoms with Crippen LogP contribution in [0.15, 0.2) is 48.5 Å². The number of nitrogens with zero attached hydrogens (tertiary/aromatic N) is 1. The fourth-order valence-corrected chi connectivity index (χ4v) is 2.06. The fourth-order valence-electron chi connectivity index (χ4n) is 2.06. The van der Waals surface area contributed by atoms with E-state index < -0.39 is 11.0 Å². The van der Waals surface area contributed by atoms with Gasteiger partial charge in [-0.1, -0.05) is 42.2 Å². The number of hydrogen-bond acceptors (Lipinski definition) is 5. The number of non-ortho nitro benzene ring substituents is 1. The number of benzene rings is 2. The van der Waals surface area contributed by atoms with Crippen LogP contribution < -0.4 is 10.1 Å². The van der Waals surface area contributed by atoms with Crippen LogP contribution in [0.1, 0.15) is 17.5 Å². The number of nitrogens with one attached hydrogen (secondary N) is 1. The lowest BCUT2D eigenvalue weighted by molar-refractivity contribution is -0.384. The Morgan fingerprint density at radius 3 is 2.69 bits per heavy atom. The van der Waals surface area contributed by atoms with E-state index in [0.717, 1.165) is 5.56 Å². The average molecular weight is 354 g/mol. The number of alkyl carbamates (subject to hydrolysis) is 1. The Kier molecular flexibility index (Phi) is 7.01. The standard InChI is InChI=1S/C19H18N2O5/c1-25-18-13-17(21(23)24)11-10-16(18)9-5-6-12-20-19(22)26-14-15-7-3-2-4-8-15/h2-4,7-8,10-11,13H,6,12,14H2,1H3,(H,20,22). The van der Waals surface area contributed by atoms with Crippen LogP contribution in [0.2, 0.25) is 0 Å². The molecule has 2 aromatic carbocycles. The van der Waals surface area contributed by atoms with Gasteiger partial charge in [0.2, 0.25) is 0 Å². The third-order valence-electron chi connectivity index (χ3n) is 3.35. The van der Waals surface area contributed by atoms with Gasteiger partial charge in [-0.3, -0.25) is 10.1 Å². The molecule has 1 amide bonds. The first-order valence-electron chi connectivity index (χ1n) is 7.86. The Morgan fingerprint density at radius 1 is 1.23 bits per heavy atom. The van der Waals surface area contributed by atoms with Crippen LogP contribution in [0.3, 0.4) is 0 Å². The summed E-state index contributed by atoms with van der Waals surface area (Å²) < 4.78 is 10.2. The molecule has 0 fully saturated rings. The van der Waals surface area contributed by atoms with E-state index in [4.69, 9.17) is 9.47 Å². The molecule has 1 N–H and O–H groups in total. The molecular formula is C19H18N2O5. The molecule has 0 aromatic heterocycles. The first-order chi connectivity index (χ1) is 12.6. The largest absolute Gasteiger partial charge is 0.495 e. The third kappa shape index (κ3) is 5.83. The topological polar surface area (TPSA) is 90.7 Å². The van der Waals surface area contributed by atoms with Gasteiger partial charge in [0.1, 0.15) is 12.4 Å². The molecule has 0 radical (unpaired) electrons. The molecule has 0 aliphatic heterocycles. The van der Waals surface area contributed by atoms with Crippen LogP contribution in [0.4, 0.5) is 10.5 Å². The van der Waals surface area contributed by atoms with E-state index in [9.17, 15) is 14.9 Å². The molecule has 2 aromatic rings. The number of carbonyl (C=O) groups excluding carboxylic acids is 1. The molecule has 0 aliphatic rings. The molecule has 7 heteroatoms. The zero-order valence-corrected chi connectivity index (χ0v) is 14.2. The van der Waals surface area contributed by atoms with Gasteiger partial charge in [-0.05, 0) is 11.6 Å². The van der Waals surface area contributed by atoms with E-state index in [1.165, 1.54) is 25.3 Å². The quantitative estimate of drug-likeness (QED) is 0.372. The lowest BCUT2D eigenvalue weighted by atomic mass is 10.2. The molecule has 26 heavy (non-hydrogen) atoms. The minimum absolute atomic E-state index is 0.0600. The number of amides is 1.